The van der Waals surface area contributed by atoms with E-state index in [0.717, 1.165) is 51.4 Å². The second-order valence-corrected chi connectivity index (χ2v) is 18.1. The Balaban J connectivity index is 1.19. The summed E-state index contributed by atoms with van der Waals surface area (Å²) in [5.74, 6) is -3.33. The lowest BCUT2D eigenvalue weighted by Gasteiger charge is -2.12. The van der Waals surface area contributed by atoms with Crippen LogP contribution in [0, 0.1) is 0 Å². The number of unbranched alkanes of at least 4 members (excludes halogenated alkanes) is 8. The van der Waals surface area contributed by atoms with Crippen LogP contribution in [0.25, 0.3) is 0 Å². The van der Waals surface area contributed by atoms with Crippen LogP contribution in [-0.2, 0) is 95.5 Å². The van der Waals surface area contributed by atoms with Gasteiger partial charge in [-0.3, -0.25) is 38.4 Å². The fourth-order valence-corrected chi connectivity index (χ4v) is 7.17. The maximum absolute atomic E-state index is 12.1. The summed E-state index contributed by atoms with van der Waals surface area (Å²) in [6.45, 7) is 7.35. The third-order valence-corrected chi connectivity index (χ3v) is 11.5. The second-order valence-electron chi connectivity index (χ2n) is 18.1. The summed E-state index contributed by atoms with van der Waals surface area (Å²) in [5.41, 5.74) is 0. The van der Waals surface area contributed by atoms with E-state index in [1.165, 1.54) is 0 Å². The largest absolute Gasteiger partial charge is 0.381 e. The SMILES string of the molecule is O=C(CCCOCCOCCOCCC(=O)NCCCCCCCC(=O)ON1C(=O)CCC1=O)CCOCCCOCCC(=O)NCCOCCOCCOCCC(=O)NCCCCCCCC(=O)ON1C(=O)CCC1=O. The smallest absolute Gasteiger partial charge is 0.333 e. The molecule has 0 aromatic rings. The van der Waals surface area contributed by atoms with Gasteiger partial charge in [0.15, 0.2) is 0 Å². The zero-order chi connectivity index (χ0) is 55.8. The van der Waals surface area contributed by atoms with Crippen molar-refractivity contribution < 1.29 is 95.5 Å². The van der Waals surface area contributed by atoms with Gasteiger partial charge in [0.2, 0.25) is 17.7 Å². The molecule has 2 aliphatic heterocycles. The highest BCUT2D eigenvalue weighted by molar-refractivity contribution is 6.02. The molecule has 0 saturated carbocycles. The Morgan fingerprint density at radius 2 is 0.610 bits per heavy atom. The molecule has 25 heteroatoms. The number of rotatable bonds is 53. The minimum Gasteiger partial charge on any atom is -0.381 e. The van der Waals surface area contributed by atoms with Crippen LogP contribution < -0.4 is 16.0 Å². The number of ether oxygens (including phenoxy) is 8. The summed E-state index contributed by atoms with van der Waals surface area (Å²) in [5, 5.41) is 9.62. The van der Waals surface area contributed by atoms with Gasteiger partial charge in [-0.2, -0.15) is 0 Å². The van der Waals surface area contributed by atoms with Crippen LogP contribution in [0.2, 0.25) is 0 Å². The van der Waals surface area contributed by atoms with Gasteiger partial charge in [0.05, 0.1) is 85.9 Å². The fourth-order valence-electron chi connectivity index (χ4n) is 7.17. The van der Waals surface area contributed by atoms with Crippen molar-refractivity contribution in [1.82, 2.24) is 26.1 Å². The van der Waals surface area contributed by atoms with E-state index in [1.807, 2.05) is 0 Å². The molecule has 0 radical (unpaired) electrons. The molecule has 25 nitrogen and oxygen atoms in total. The summed E-state index contributed by atoms with van der Waals surface area (Å²) >= 11 is 0. The van der Waals surface area contributed by atoms with Crippen molar-refractivity contribution in [3.05, 3.63) is 0 Å². The number of nitrogens with one attached hydrogen (secondary N) is 3. The van der Waals surface area contributed by atoms with E-state index in [4.69, 9.17) is 47.6 Å². The van der Waals surface area contributed by atoms with Crippen LogP contribution in [0.5, 0.6) is 0 Å². The number of carbonyl (C=O) groups is 10. The maximum atomic E-state index is 12.1. The van der Waals surface area contributed by atoms with Gasteiger partial charge in [0.25, 0.3) is 23.6 Å². The first-order valence-corrected chi connectivity index (χ1v) is 27.5. The van der Waals surface area contributed by atoms with Gasteiger partial charge in [-0.1, -0.05) is 38.5 Å². The number of imide groups is 2. The Morgan fingerprint density at radius 3 is 1.04 bits per heavy atom. The van der Waals surface area contributed by atoms with E-state index in [-0.39, 0.29) is 101 Å². The molecule has 0 bridgehead atoms. The van der Waals surface area contributed by atoms with Crippen LogP contribution in [0.15, 0.2) is 0 Å². The molecule has 77 heavy (non-hydrogen) atoms. The molecule has 440 valence electrons. The molecule has 2 fully saturated rings. The Bertz CT molecular complexity index is 1570. The Kier molecular flexibility index (Phi) is 41.6. The first-order chi connectivity index (χ1) is 37.5. The Morgan fingerprint density at radius 1 is 0.299 bits per heavy atom. The number of nitrogens with zero attached hydrogens (tertiary/aromatic N) is 2. The Labute approximate surface area is 452 Å². The zero-order valence-corrected chi connectivity index (χ0v) is 45.3. The van der Waals surface area contributed by atoms with Crippen molar-refractivity contribution in [3.63, 3.8) is 0 Å². The van der Waals surface area contributed by atoms with Crippen LogP contribution in [0.4, 0.5) is 0 Å². The number of hydrogen-bond acceptors (Lipinski definition) is 20. The lowest BCUT2D eigenvalue weighted by Crippen LogP contribution is -2.31. The highest BCUT2D eigenvalue weighted by atomic mass is 16.7. The third kappa shape index (κ3) is 39.1. The predicted octanol–water partition coefficient (Wildman–Crippen LogP) is 2.66. The molecule has 0 atom stereocenters. The normalized spacial score (nSPS) is 13.4. The number of amides is 7. The standard InChI is InChI=1S/C52H87N5O20/c58-43(13-11-27-70-35-39-74-40-36-71-32-22-44(59)53-24-9-5-1-3-7-14-51(66)76-56-47(62)16-17-48(56)63)20-30-68-28-12-29-69-31-21-46(61)55-26-34-73-38-42-75-41-37-72-33-23-45(60)54-25-10-6-2-4-8-15-52(67)77-57-49(64)18-19-50(57)65/h1-42H2,(H,53,59)(H,54,60)(H,55,61). The molecule has 0 aromatic heterocycles. The zero-order valence-electron chi connectivity index (χ0n) is 45.3. The average Bonchev–Trinajstić information content (AvgIpc) is 3.90. The van der Waals surface area contributed by atoms with Crippen molar-refractivity contribution in [2.45, 2.75) is 148 Å². The van der Waals surface area contributed by atoms with Gasteiger partial charge in [0.1, 0.15) is 5.78 Å². The van der Waals surface area contributed by atoms with Gasteiger partial charge in [-0.25, -0.2) is 9.59 Å². The van der Waals surface area contributed by atoms with Crippen molar-refractivity contribution >= 4 is 59.1 Å². The van der Waals surface area contributed by atoms with Gasteiger partial charge in [0, 0.05) is 110 Å². The molecular formula is C52H87N5O20. The molecule has 2 rings (SSSR count). The van der Waals surface area contributed by atoms with E-state index >= 15 is 0 Å². The minimum absolute atomic E-state index is 0.0706. The van der Waals surface area contributed by atoms with E-state index < -0.39 is 35.6 Å². The van der Waals surface area contributed by atoms with Crippen LogP contribution in [0.3, 0.4) is 0 Å². The molecule has 2 saturated heterocycles. The van der Waals surface area contributed by atoms with Crippen LogP contribution >= 0.6 is 0 Å². The molecule has 0 spiro atoms. The summed E-state index contributed by atoms with van der Waals surface area (Å²) in [6, 6.07) is 0. The monoisotopic (exact) mass is 1100 g/mol. The fraction of sp³-hybridized carbons (Fsp3) is 0.808. The number of hydroxylamine groups is 4. The minimum atomic E-state index is -0.588. The highest BCUT2D eigenvalue weighted by Crippen LogP contribution is 2.15. The number of ketones is 1. The lowest BCUT2D eigenvalue weighted by atomic mass is 10.1. The van der Waals surface area contributed by atoms with Crippen molar-refractivity contribution in [2.24, 2.45) is 0 Å². The molecule has 3 N–H and O–H groups in total. The number of carbonyl (C=O) groups excluding carboxylic acids is 10. The van der Waals surface area contributed by atoms with Crippen molar-refractivity contribution in [1.29, 1.82) is 0 Å². The Hall–Kier alpha value is -5.02. The number of Topliss-reactive ketones (excluding diaryl/α,β-unsaturated/α-hetero) is 1. The molecular weight excluding hydrogens is 1010 g/mol. The quantitative estimate of drug-likeness (QED) is 0.0582. The highest BCUT2D eigenvalue weighted by Gasteiger charge is 2.33. The molecule has 7 amide bonds. The molecule has 2 aliphatic rings. The molecule has 0 aliphatic carbocycles. The van der Waals surface area contributed by atoms with Crippen LogP contribution in [0.1, 0.15) is 148 Å². The summed E-state index contributed by atoms with van der Waals surface area (Å²) < 4.78 is 43.9. The maximum Gasteiger partial charge on any atom is 0.333 e. The average molecular weight is 1100 g/mol. The van der Waals surface area contributed by atoms with Gasteiger partial charge in [-0.05, 0) is 38.5 Å². The van der Waals surface area contributed by atoms with Crippen LogP contribution in [-0.4, -0.2) is 195 Å². The van der Waals surface area contributed by atoms with Gasteiger partial charge in [-0.15, -0.1) is 10.1 Å². The first kappa shape index (κ1) is 68.1. The summed E-state index contributed by atoms with van der Waals surface area (Å²) in [4.78, 5) is 127. The first-order valence-electron chi connectivity index (χ1n) is 27.5. The lowest BCUT2D eigenvalue weighted by molar-refractivity contribution is -0.197. The molecule has 0 aromatic carbocycles. The van der Waals surface area contributed by atoms with Crippen molar-refractivity contribution in [2.75, 3.05) is 125 Å². The molecule has 2 heterocycles. The molecule has 0 unspecified atom stereocenters. The number of hydrogen-bond donors (Lipinski definition) is 3. The topological polar surface area (TPSA) is 306 Å². The van der Waals surface area contributed by atoms with Gasteiger partial charge < -0.3 is 63.5 Å². The van der Waals surface area contributed by atoms with E-state index in [0.29, 0.717) is 154 Å². The summed E-state index contributed by atoms with van der Waals surface area (Å²) in [6.07, 6.45) is 11.3. The van der Waals surface area contributed by atoms with Crippen molar-refractivity contribution in [3.8, 4) is 0 Å². The van der Waals surface area contributed by atoms with Gasteiger partial charge >= 0.3 is 11.9 Å². The summed E-state index contributed by atoms with van der Waals surface area (Å²) in [7, 11) is 0. The van der Waals surface area contributed by atoms with E-state index in [9.17, 15) is 47.9 Å². The third-order valence-electron chi connectivity index (χ3n) is 11.5. The van der Waals surface area contributed by atoms with E-state index in [2.05, 4.69) is 16.0 Å². The van der Waals surface area contributed by atoms with E-state index in [1.54, 1.807) is 0 Å². The second kappa shape index (κ2) is 47.0. The predicted molar refractivity (Wildman–Crippen MR) is 273 cm³/mol.